The Hall–Kier alpha value is -1.31. The highest BCUT2D eigenvalue weighted by Crippen LogP contribution is 2.22. The molecule has 0 aromatic heterocycles. The lowest BCUT2D eigenvalue weighted by molar-refractivity contribution is 0.578. The van der Waals surface area contributed by atoms with E-state index in [1.807, 2.05) is 12.1 Å². The Morgan fingerprint density at radius 1 is 1.10 bits per heavy atom. The smallest absolute Gasteiger partial charge is 0.299 e. The molecule has 0 bridgehead atoms. The number of hydrogen-bond donors (Lipinski definition) is 3. The van der Waals surface area contributed by atoms with Crippen LogP contribution in [0.1, 0.15) is 19.3 Å². The first-order valence-corrected chi connectivity index (χ1v) is 8.41. The van der Waals surface area contributed by atoms with E-state index in [2.05, 4.69) is 14.3 Å². The Labute approximate surface area is 120 Å². The van der Waals surface area contributed by atoms with Crippen molar-refractivity contribution in [2.45, 2.75) is 19.3 Å². The Morgan fingerprint density at radius 3 is 2.35 bits per heavy atom. The van der Waals surface area contributed by atoms with Gasteiger partial charge >= 0.3 is 0 Å². The summed E-state index contributed by atoms with van der Waals surface area (Å²) in [5.41, 5.74) is 6.96. The third-order valence-corrected chi connectivity index (χ3v) is 4.37. The number of rotatable bonds is 6. The van der Waals surface area contributed by atoms with E-state index < -0.39 is 10.2 Å². The normalized spacial score (nSPS) is 16.1. The second-order valence-corrected chi connectivity index (χ2v) is 6.38. The molecule has 6 nitrogen and oxygen atoms in total. The first-order chi connectivity index (χ1) is 9.61. The van der Waals surface area contributed by atoms with Crippen LogP contribution >= 0.6 is 0 Å². The predicted octanol–water partition coefficient (Wildman–Crippen LogP) is 0.882. The molecule has 1 heterocycles. The van der Waals surface area contributed by atoms with Crippen molar-refractivity contribution in [1.29, 1.82) is 0 Å². The molecule has 2 rings (SSSR count). The summed E-state index contributed by atoms with van der Waals surface area (Å²) < 4.78 is 28.1. The van der Waals surface area contributed by atoms with Gasteiger partial charge in [-0.1, -0.05) is 0 Å². The summed E-state index contributed by atoms with van der Waals surface area (Å²) in [6.45, 7) is 2.64. The van der Waals surface area contributed by atoms with Crippen LogP contribution in [0.2, 0.25) is 0 Å². The summed E-state index contributed by atoms with van der Waals surface area (Å²) in [7, 11) is -3.53. The zero-order valence-electron chi connectivity index (χ0n) is 11.5. The summed E-state index contributed by atoms with van der Waals surface area (Å²) in [5.74, 6) is 0. The zero-order chi connectivity index (χ0) is 14.4. The lowest BCUT2D eigenvalue weighted by Gasteiger charge is -2.28. The molecule has 1 fully saturated rings. The van der Waals surface area contributed by atoms with Crippen LogP contribution in [0.4, 0.5) is 11.4 Å². The van der Waals surface area contributed by atoms with E-state index in [1.165, 1.54) is 19.3 Å². The van der Waals surface area contributed by atoms with Crippen molar-refractivity contribution in [3.05, 3.63) is 24.3 Å². The number of benzene rings is 1. The van der Waals surface area contributed by atoms with Crippen molar-refractivity contribution in [2.24, 2.45) is 5.73 Å². The van der Waals surface area contributed by atoms with Gasteiger partial charge in [-0.05, 0) is 43.5 Å². The molecule has 1 saturated heterocycles. The van der Waals surface area contributed by atoms with Crippen molar-refractivity contribution >= 4 is 21.6 Å². The summed E-state index contributed by atoms with van der Waals surface area (Å²) in [6, 6.07) is 7.47. The molecule has 1 aromatic rings. The van der Waals surface area contributed by atoms with Gasteiger partial charge in [0, 0.05) is 37.6 Å². The number of anilines is 2. The Bertz CT molecular complexity index is 510. The average Bonchev–Trinajstić information content (AvgIpc) is 2.46. The molecule has 1 aliphatic heterocycles. The molecule has 112 valence electrons. The monoisotopic (exact) mass is 298 g/mol. The minimum absolute atomic E-state index is 0.223. The fourth-order valence-electron chi connectivity index (χ4n) is 2.28. The zero-order valence-corrected chi connectivity index (χ0v) is 12.3. The third-order valence-electron chi connectivity index (χ3n) is 3.28. The molecule has 1 aliphatic rings. The van der Waals surface area contributed by atoms with Crippen LogP contribution in [-0.4, -0.2) is 34.6 Å². The molecule has 0 radical (unpaired) electrons. The van der Waals surface area contributed by atoms with Gasteiger partial charge < -0.3 is 10.6 Å². The minimum Gasteiger partial charge on any atom is -0.372 e. The fraction of sp³-hybridized carbons (Fsp3) is 0.538. The first-order valence-electron chi connectivity index (χ1n) is 6.93. The highest BCUT2D eigenvalue weighted by atomic mass is 32.2. The second-order valence-electron chi connectivity index (χ2n) is 4.88. The molecule has 0 amide bonds. The second kappa shape index (κ2) is 6.92. The van der Waals surface area contributed by atoms with Gasteiger partial charge in [0.1, 0.15) is 0 Å². The van der Waals surface area contributed by atoms with E-state index in [1.54, 1.807) is 12.1 Å². The van der Waals surface area contributed by atoms with E-state index >= 15 is 0 Å². The molecule has 0 spiro atoms. The molecular formula is C13H22N4O2S. The quantitative estimate of drug-likeness (QED) is 0.727. The van der Waals surface area contributed by atoms with Gasteiger partial charge in [-0.15, -0.1) is 0 Å². The fourth-order valence-corrected chi connectivity index (χ4v) is 3.18. The standard InChI is InChI=1S/C13H22N4O2S/c14-8-9-15-20(18,19)16-12-4-6-13(7-5-12)17-10-2-1-3-11-17/h4-7,15-16H,1-3,8-11,14H2. The summed E-state index contributed by atoms with van der Waals surface area (Å²) in [5, 5.41) is 0. The van der Waals surface area contributed by atoms with Crippen LogP contribution in [0, 0.1) is 0 Å². The molecule has 0 saturated carbocycles. The maximum absolute atomic E-state index is 11.7. The number of hydrogen-bond acceptors (Lipinski definition) is 4. The van der Waals surface area contributed by atoms with E-state index in [9.17, 15) is 8.42 Å². The Morgan fingerprint density at radius 2 is 1.75 bits per heavy atom. The Kier molecular flexibility index (Phi) is 5.22. The Balaban J connectivity index is 1.97. The summed E-state index contributed by atoms with van der Waals surface area (Å²) >= 11 is 0. The molecule has 4 N–H and O–H groups in total. The topological polar surface area (TPSA) is 87.5 Å². The molecule has 7 heteroatoms. The van der Waals surface area contributed by atoms with Gasteiger partial charge in [-0.25, -0.2) is 0 Å². The molecule has 0 aliphatic carbocycles. The molecule has 1 aromatic carbocycles. The van der Waals surface area contributed by atoms with Crippen LogP contribution in [0.15, 0.2) is 24.3 Å². The van der Waals surface area contributed by atoms with E-state index in [0.717, 1.165) is 18.8 Å². The molecular weight excluding hydrogens is 276 g/mol. The average molecular weight is 298 g/mol. The maximum atomic E-state index is 11.7. The number of nitrogens with one attached hydrogen (secondary N) is 2. The first kappa shape index (κ1) is 15.1. The van der Waals surface area contributed by atoms with Crippen LogP contribution in [-0.2, 0) is 10.2 Å². The van der Waals surface area contributed by atoms with Gasteiger partial charge in [0.05, 0.1) is 0 Å². The molecule has 20 heavy (non-hydrogen) atoms. The largest absolute Gasteiger partial charge is 0.372 e. The van der Waals surface area contributed by atoms with Crippen LogP contribution in [0.5, 0.6) is 0 Å². The van der Waals surface area contributed by atoms with E-state index in [-0.39, 0.29) is 13.1 Å². The minimum atomic E-state index is -3.53. The van der Waals surface area contributed by atoms with Gasteiger partial charge in [-0.2, -0.15) is 13.1 Å². The maximum Gasteiger partial charge on any atom is 0.299 e. The van der Waals surface area contributed by atoms with Crippen LogP contribution in [0.3, 0.4) is 0 Å². The number of nitrogens with zero attached hydrogens (tertiary/aromatic N) is 1. The lowest BCUT2D eigenvalue weighted by atomic mass is 10.1. The highest BCUT2D eigenvalue weighted by molar-refractivity contribution is 7.90. The van der Waals surface area contributed by atoms with Crippen molar-refractivity contribution in [3.63, 3.8) is 0 Å². The lowest BCUT2D eigenvalue weighted by Crippen LogP contribution is -2.34. The predicted molar refractivity (Wildman–Crippen MR) is 82.1 cm³/mol. The van der Waals surface area contributed by atoms with Crippen LogP contribution < -0.4 is 20.1 Å². The van der Waals surface area contributed by atoms with Gasteiger partial charge in [-0.3, -0.25) is 4.72 Å². The highest BCUT2D eigenvalue weighted by Gasteiger charge is 2.12. The van der Waals surface area contributed by atoms with Gasteiger partial charge in [0.2, 0.25) is 0 Å². The molecule has 0 atom stereocenters. The van der Waals surface area contributed by atoms with Crippen molar-refractivity contribution in [2.75, 3.05) is 35.8 Å². The van der Waals surface area contributed by atoms with Crippen molar-refractivity contribution in [3.8, 4) is 0 Å². The SMILES string of the molecule is NCCNS(=O)(=O)Nc1ccc(N2CCCCC2)cc1. The van der Waals surface area contributed by atoms with Crippen molar-refractivity contribution in [1.82, 2.24) is 4.72 Å². The van der Waals surface area contributed by atoms with E-state index in [4.69, 9.17) is 5.73 Å². The third kappa shape index (κ3) is 4.36. The number of nitrogens with two attached hydrogens (primary N) is 1. The summed E-state index contributed by atoms with van der Waals surface area (Å²) in [6.07, 6.45) is 3.73. The molecule has 0 unspecified atom stereocenters. The summed E-state index contributed by atoms with van der Waals surface area (Å²) in [4.78, 5) is 2.33. The van der Waals surface area contributed by atoms with Crippen LogP contribution in [0.25, 0.3) is 0 Å². The van der Waals surface area contributed by atoms with E-state index in [0.29, 0.717) is 5.69 Å². The van der Waals surface area contributed by atoms with Crippen molar-refractivity contribution < 1.29 is 8.42 Å². The number of piperidine rings is 1. The van der Waals surface area contributed by atoms with Gasteiger partial charge in [0.25, 0.3) is 10.2 Å². The van der Waals surface area contributed by atoms with Gasteiger partial charge in [0.15, 0.2) is 0 Å².